The fourth-order valence-electron chi connectivity index (χ4n) is 3.24. The van der Waals surface area contributed by atoms with Crippen molar-refractivity contribution in [1.82, 2.24) is 23.7 Å². The summed E-state index contributed by atoms with van der Waals surface area (Å²) in [5.41, 5.74) is 3.23. The van der Waals surface area contributed by atoms with Crippen LogP contribution in [0.4, 0.5) is 0 Å². The van der Waals surface area contributed by atoms with Gasteiger partial charge in [-0.05, 0) is 6.07 Å². The van der Waals surface area contributed by atoms with Crippen LogP contribution in [-0.4, -0.2) is 23.7 Å². The summed E-state index contributed by atoms with van der Waals surface area (Å²) in [4.78, 5) is 8.03. The zero-order valence-corrected chi connectivity index (χ0v) is 13.4. The van der Waals surface area contributed by atoms with E-state index in [1.165, 1.54) is 10.8 Å². The Labute approximate surface area is 138 Å². The number of hydrogen-bond acceptors (Lipinski definition) is 1. The minimum atomic E-state index is 0.902. The van der Waals surface area contributed by atoms with E-state index in [1.54, 1.807) is 0 Å². The van der Waals surface area contributed by atoms with Gasteiger partial charge in [0.25, 0.3) is 0 Å². The molecule has 118 valence electrons. The molecule has 6 nitrogen and oxygen atoms in total. The molecule has 0 fully saturated rings. The Hall–Kier alpha value is -3.28. The number of nitrogens with one attached hydrogen (secondary N) is 1. The van der Waals surface area contributed by atoms with Crippen LogP contribution in [0.25, 0.3) is 33.4 Å². The van der Waals surface area contributed by atoms with Crippen LogP contribution in [0, 0.1) is 6.33 Å². The van der Waals surface area contributed by atoms with Crippen molar-refractivity contribution >= 4 is 21.9 Å². The van der Waals surface area contributed by atoms with E-state index in [0.29, 0.717) is 0 Å². The van der Waals surface area contributed by atoms with Crippen LogP contribution < -0.4 is 4.57 Å². The summed E-state index contributed by atoms with van der Waals surface area (Å²) >= 11 is 0. The monoisotopic (exact) mass is 316 g/mol. The summed E-state index contributed by atoms with van der Waals surface area (Å²) < 4.78 is 7.95. The normalized spacial score (nSPS) is 11.8. The molecule has 4 aromatic heterocycles. The molecule has 4 heterocycles. The summed E-state index contributed by atoms with van der Waals surface area (Å²) in [6.07, 6.45) is 13.1. The van der Waals surface area contributed by atoms with Gasteiger partial charge in [0.1, 0.15) is 5.65 Å². The number of fused-ring (bicyclic) bond motifs is 3. The van der Waals surface area contributed by atoms with Gasteiger partial charge in [-0.15, -0.1) is 0 Å². The quantitative estimate of drug-likeness (QED) is 0.394. The number of aromatic amines is 1. The van der Waals surface area contributed by atoms with Crippen LogP contribution in [0.1, 0.15) is 0 Å². The predicted octanol–water partition coefficient (Wildman–Crippen LogP) is 2.26. The van der Waals surface area contributed by atoms with Gasteiger partial charge >= 0.3 is 0 Å². The van der Waals surface area contributed by atoms with E-state index >= 15 is 0 Å². The van der Waals surface area contributed by atoms with E-state index in [4.69, 9.17) is 0 Å². The zero-order chi connectivity index (χ0) is 16.3. The first-order valence-electron chi connectivity index (χ1n) is 7.77. The third kappa shape index (κ3) is 1.76. The standard InChI is InChI=1S/C18H16N6/c1-21-8-9-23(12-21)15-5-3-4-13-14-6-7-24(18(14)20-17(13)15)16-10-22(2)11-19-16/h3-11,20H,1-2H3. The maximum Gasteiger partial charge on any atom is 0.243 e. The van der Waals surface area contributed by atoms with Gasteiger partial charge in [0.15, 0.2) is 5.82 Å². The molecule has 24 heavy (non-hydrogen) atoms. The molecule has 0 amide bonds. The fourth-order valence-corrected chi connectivity index (χ4v) is 3.24. The predicted molar refractivity (Wildman–Crippen MR) is 91.2 cm³/mol. The Kier molecular flexibility index (Phi) is 2.53. The fraction of sp³-hybridized carbons (Fsp3) is 0.111. The van der Waals surface area contributed by atoms with Gasteiger partial charge in [-0.1, -0.05) is 18.2 Å². The van der Waals surface area contributed by atoms with Crippen molar-refractivity contribution in [3.05, 3.63) is 61.7 Å². The van der Waals surface area contributed by atoms with Crippen LogP contribution in [-0.2, 0) is 14.1 Å². The number of imidazole rings is 2. The molecule has 0 spiro atoms. The summed E-state index contributed by atoms with van der Waals surface area (Å²) in [7, 11) is 3.94. The molecular weight excluding hydrogens is 300 g/mol. The van der Waals surface area contributed by atoms with E-state index in [9.17, 15) is 0 Å². The maximum absolute atomic E-state index is 4.45. The Bertz CT molecular complexity index is 1180. The van der Waals surface area contributed by atoms with Gasteiger partial charge in [0.2, 0.25) is 6.33 Å². The minimum Gasteiger partial charge on any atom is -0.345 e. The number of para-hydroxylation sites is 1. The highest BCUT2D eigenvalue weighted by Gasteiger charge is 2.13. The van der Waals surface area contributed by atoms with E-state index in [1.807, 2.05) is 52.7 Å². The Balaban J connectivity index is 1.80. The Morgan fingerprint density at radius 3 is 2.83 bits per heavy atom. The molecule has 0 aliphatic rings. The highest BCUT2D eigenvalue weighted by atomic mass is 15.2. The maximum atomic E-state index is 4.45. The zero-order valence-electron chi connectivity index (χ0n) is 13.4. The summed E-state index contributed by atoms with van der Waals surface area (Å²) in [6, 6.07) is 8.45. The molecule has 0 aliphatic heterocycles. The smallest absolute Gasteiger partial charge is 0.243 e. The second-order valence-electron chi connectivity index (χ2n) is 6.05. The molecule has 0 radical (unpaired) electrons. The second kappa shape index (κ2) is 4.61. The molecule has 0 saturated heterocycles. The van der Waals surface area contributed by atoms with Gasteiger partial charge in [0, 0.05) is 42.6 Å². The molecule has 0 atom stereocenters. The second-order valence-corrected chi connectivity index (χ2v) is 6.05. The van der Waals surface area contributed by atoms with Crippen molar-refractivity contribution in [2.24, 2.45) is 14.1 Å². The molecule has 5 aromatic rings. The SMILES string of the molecule is Cn1cnc(-n2ccc3c4cccc(-n5[c-][n+](C)cc5)c4[nH]c32)c1. The molecule has 0 bridgehead atoms. The van der Waals surface area contributed by atoms with Gasteiger partial charge in [-0.25, -0.2) is 4.98 Å². The molecule has 6 heteroatoms. The van der Waals surface area contributed by atoms with Crippen LogP contribution >= 0.6 is 0 Å². The number of benzene rings is 1. The molecule has 0 aliphatic carbocycles. The van der Waals surface area contributed by atoms with Crippen molar-refractivity contribution in [2.45, 2.75) is 0 Å². The van der Waals surface area contributed by atoms with Crippen molar-refractivity contribution in [1.29, 1.82) is 0 Å². The highest BCUT2D eigenvalue weighted by Crippen LogP contribution is 2.31. The van der Waals surface area contributed by atoms with Crippen LogP contribution in [0.5, 0.6) is 0 Å². The van der Waals surface area contributed by atoms with E-state index in [-0.39, 0.29) is 0 Å². The molecule has 1 aromatic carbocycles. The average Bonchev–Trinajstić information content (AvgIpc) is 3.30. The number of nitrogens with zero attached hydrogens (tertiary/aromatic N) is 5. The lowest BCUT2D eigenvalue weighted by molar-refractivity contribution is -0.674. The van der Waals surface area contributed by atoms with Crippen molar-refractivity contribution in [3.63, 3.8) is 0 Å². The van der Waals surface area contributed by atoms with E-state index in [0.717, 1.165) is 22.7 Å². The van der Waals surface area contributed by atoms with Crippen LogP contribution in [0.15, 0.2) is 55.4 Å². The average molecular weight is 316 g/mol. The number of aryl methyl sites for hydroxylation is 2. The van der Waals surface area contributed by atoms with Crippen LogP contribution in [0.2, 0.25) is 0 Å². The number of rotatable bonds is 2. The number of aromatic nitrogens is 6. The first kappa shape index (κ1) is 13.2. The van der Waals surface area contributed by atoms with Gasteiger partial charge in [-0.3, -0.25) is 4.57 Å². The molecule has 0 unspecified atom stereocenters. The molecule has 1 N–H and O–H groups in total. The van der Waals surface area contributed by atoms with Gasteiger partial charge < -0.3 is 18.7 Å². The molecular formula is C18H16N6. The van der Waals surface area contributed by atoms with E-state index in [2.05, 4.69) is 51.3 Å². The van der Waals surface area contributed by atoms with E-state index < -0.39 is 0 Å². The topological polar surface area (TPSA) is 47.3 Å². The minimum absolute atomic E-state index is 0.902. The third-order valence-corrected chi connectivity index (χ3v) is 4.36. The van der Waals surface area contributed by atoms with Gasteiger partial charge in [-0.2, -0.15) is 0 Å². The first-order chi connectivity index (χ1) is 11.7. The van der Waals surface area contributed by atoms with Gasteiger partial charge in [0.05, 0.1) is 24.6 Å². The third-order valence-electron chi connectivity index (χ3n) is 4.36. The van der Waals surface area contributed by atoms with Crippen molar-refractivity contribution < 1.29 is 4.57 Å². The van der Waals surface area contributed by atoms with Crippen LogP contribution in [0.3, 0.4) is 0 Å². The van der Waals surface area contributed by atoms with Crippen molar-refractivity contribution in [2.75, 3.05) is 0 Å². The molecule has 0 saturated carbocycles. The number of H-pyrrole nitrogens is 1. The lowest BCUT2D eigenvalue weighted by atomic mass is 10.2. The lowest BCUT2D eigenvalue weighted by Crippen LogP contribution is -2.24. The summed E-state index contributed by atoms with van der Waals surface area (Å²) in [5.74, 6) is 0.902. The largest absolute Gasteiger partial charge is 0.345 e. The number of hydrogen-bond donors (Lipinski definition) is 1. The molecule has 5 rings (SSSR count). The first-order valence-corrected chi connectivity index (χ1v) is 7.77. The van der Waals surface area contributed by atoms with Crippen molar-refractivity contribution in [3.8, 4) is 11.5 Å². The lowest BCUT2D eigenvalue weighted by Gasteiger charge is -2.04. The Morgan fingerprint density at radius 2 is 2.08 bits per heavy atom. The summed E-state index contributed by atoms with van der Waals surface area (Å²) in [6.45, 7) is 0. The Morgan fingerprint density at radius 1 is 1.17 bits per heavy atom. The highest BCUT2D eigenvalue weighted by molar-refractivity contribution is 6.09. The summed E-state index contributed by atoms with van der Waals surface area (Å²) in [5, 5.41) is 2.39.